The predicted molar refractivity (Wildman–Crippen MR) is 86.1 cm³/mol. The maximum Gasteiger partial charge on any atom is 0.225 e. The summed E-state index contributed by atoms with van der Waals surface area (Å²) in [4.78, 5) is 12.4. The van der Waals surface area contributed by atoms with Crippen LogP contribution in [0.4, 0.5) is 11.5 Å². The van der Waals surface area contributed by atoms with Crippen molar-refractivity contribution in [2.45, 2.75) is 38.1 Å². The van der Waals surface area contributed by atoms with Gasteiger partial charge in [0, 0.05) is 19.5 Å². The third kappa shape index (κ3) is 2.36. The van der Waals surface area contributed by atoms with E-state index in [-0.39, 0.29) is 5.91 Å². The topological polar surface area (TPSA) is 59.0 Å². The number of carbonyl (C=O) groups excluding carboxylic acids is 1. The van der Waals surface area contributed by atoms with Gasteiger partial charge in [-0.05, 0) is 36.3 Å². The van der Waals surface area contributed by atoms with Gasteiger partial charge in [-0.3, -0.25) is 4.79 Å². The zero-order chi connectivity index (χ0) is 14.9. The Morgan fingerprint density at radius 3 is 3.27 bits per heavy atom. The normalized spacial score (nSPS) is 19.2. The number of aryl methyl sites for hydroxylation is 2. The summed E-state index contributed by atoms with van der Waals surface area (Å²) in [5, 5.41) is 10.7. The van der Waals surface area contributed by atoms with Gasteiger partial charge in [-0.15, -0.1) is 0 Å². The van der Waals surface area contributed by atoms with Crippen LogP contribution in [0.2, 0.25) is 0 Å². The lowest BCUT2D eigenvalue weighted by atomic mass is 9.97. The molecule has 0 spiro atoms. The second-order valence-electron chi connectivity index (χ2n) is 6.10. The van der Waals surface area contributed by atoms with Crippen LogP contribution in [0, 0.1) is 0 Å². The van der Waals surface area contributed by atoms with Crippen molar-refractivity contribution in [1.29, 1.82) is 0 Å². The molecular weight excluding hydrogens is 276 g/mol. The van der Waals surface area contributed by atoms with E-state index in [0.29, 0.717) is 12.3 Å². The van der Waals surface area contributed by atoms with Crippen LogP contribution >= 0.6 is 0 Å². The van der Waals surface area contributed by atoms with E-state index < -0.39 is 0 Å². The van der Waals surface area contributed by atoms with Crippen molar-refractivity contribution in [3.63, 3.8) is 0 Å². The molecule has 1 aliphatic carbocycles. The third-order valence-corrected chi connectivity index (χ3v) is 4.64. The van der Waals surface area contributed by atoms with Crippen molar-refractivity contribution in [2.75, 3.05) is 17.2 Å². The minimum Gasteiger partial charge on any atom is -0.368 e. The molecule has 2 aliphatic rings. The summed E-state index contributed by atoms with van der Waals surface area (Å²) >= 11 is 0. The van der Waals surface area contributed by atoms with Crippen molar-refractivity contribution in [3.8, 4) is 0 Å². The summed E-state index contributed by atoms with van der Waals surface area (Å²) in [5.74, 6) is 1.35. The zero-order valence-electron chi connectivity index (χ0n) is 12.5. The Morgan fingerprint density at radius 1 is 1.41 bits per heavy atom. The van der Waals surface area contributed by atoms with Crippen LogP contribution < -0.4 is 10.6 Å². The highest BCUT2D eigenvalue weighted by Crippen LogP contribution is 2.35. The number of nitrogens with zero attached hydrogens (tertiary/aromatic N) is 2. The van der Waals surface area contributed by atoms with Crippen LogP contribution in [0.1, 0.15) is 36.3 Å². The number of hydrogen-bond acceptors (Lipinski definition) is 3. The Balaban J connectivity index is 1.45. The molecule has 0 bridgehead atoms. The van der Waals surface area contributed by atoms with Gasteiger partial charge in [-0.2, -0.15) is 5.10 Å². The van der Waals surface area contributed by atoms with Gasteiger partial charge in [0.05, 0.1) is 6.20 Å². The first-order valence-corrected chi connectivity index (χ1v) is 7.98. The van der Waals surface area contributed by atoms with Gasteiger partial charge in [0.15, 0.2) is 0 Å². The van der Waals surface area contributed by atoms with Gasteiger partial charge in [0.1, 0.15) is 11.5 Å². The fourth-order valence-electron chi connectivity index (χ4n) is 3.55. The molecule has 1 unspecified atom stereocenters. The first-order valence-electron chi connectivity index (χ1n) is 7.98. The smallest absolute Gasteiger partial charge is 0.225 e. The van der Waals surface area contributed by atoms with Crippen molar-refractivity contribution < 1.29 is 4.79 Å². The largest absolute Gasteiger partial charge is 0.368 e. The average Bonchev–Trinajstić information content (AvgIpc) is 3.13. The van der Waals surface area contributed by atoms with E-state index in [9.17, 15) is 4.79 Å². The van der Waals surface area contributed by atoms with Gasteiger partial charge in [-0.1, -0.05) is 24.3 Å². The minimum atomic E-state index is 0.0740. The molecule has 5 heteroatoms. The SMILES string of the molecule is O=C(CC1CCc2ccccc21)Nc1cnn2c1NCCC2. The maximum atomic E-state index is 12.4. The molecule has 114 valence electrons. The minimum absolute atomic E-state index is 0.0740. The Kier molecular flexibility index (Phi) is 3.33. The Labute approximate surface area is 129 Å². The number of fused-ring (bicyclic) bond motifs is 2. The summed E-state index contributed by atoms with van der Waals surface area (Å²) in [7, 11) is 0. The Morgan fingerprint density at radius 2 is 2.32 bits per heavy atom. The van der Waals surface area contributed by atoms with Gasteiger partial charge in [0.2, 0.25) is 5.91 Å². The fourth-order valence-corrected chi connectivity index (χ4v) is 3.55. The highest BCUT2D eigenvalue weighted by Gasteiger charge is 2.25. The second kappa shape index (κ2) is 5.48. The highest BCUT2D eigenvalue weighted by molar-refractivity contribution is 5.94. The molecule has 2 heterocycles. The molecule has 1 amide bonds. The predicted octanol–water partition coefficient (Wildman–Crippen LogP) is 2.76. The molecule has 1 aliphatic heterocycles. The molecule has 1 aromatic heterocycles. The number of hydrogen-bond donors (Lipinski definition) is 2. The molecule has 5 nitrogen and oxygen atoms in total. The van der Waals surface area contributed by atoms with Crippen LogP contribution in [-0.2, 0) is 17.8 Å². The number of aromatic nitrogens is 2. The molecule has 22 heavy (non-hydrogen) atoms. The number of carbonyl (C=O) groups is 1. The van der Waals surface area contributed by atoms with Gasteiger partial charge in [0.25, 0.3) is 0 Å². The molecule has 1 aromatic carbocycles. The van der Waals surface area contributed by atoms with E-state index in [1.165, 1.54) is 11.1 Å². The summed E-state index contributed by atoms with van der Waals surface area (Å²) in [5.41, 5.74) is 3.54. The van der Waals surface area contributed by atoms with Gasteiger partial charge >= 0.3 is 0 Å². The molecule has 2 N–H and O–H groups in total. The molecule has 4 rings (SSSR count). The first-order chi connectivity index (χ1) is 10.8. The molecule has 0 saturated carbocycles. The van der Waals surface area contributed by atoms with E-state index in [0.717, 1.165) is 43.9 Å². The fraction of sp³-hybridized carbons (Fsp3) is 0.412. The van der Waals surface area contributed by atoms with E-state index in [4.69, 9.17) is 0 Å². The van der Waals surface area contributed by atoms with Crippen LogP contribution in [0.5, 0.6) is 0 Å². The quantitative estimate of drug-likeness (QED) is 0.915. The first kappa shape index (κ1) is 13.4. The number of benzene rings is 1. The van der Waals surface area contributed by atoms with Gasteiger partial charge < -0.3 is 10.6 Å². The number of anilines is 2. The lowest BCUT2D eigenvalue weighted by molar-refractivity contribution is -0.116. The molecule has 2 aromatic rings. The van der Waals surface area contributed by atoms with Crippen LogP contribution in [0.3, 0.4) is 0 Å². The highest BCUT2D eigenvalue weighted by atomic mass is 16.1. The van der Waals surface area contributed by atoms with Crippen molar-refractivity contribution in [2.24, 2.45) is 0 Å². The third-order valence-electron chi connectivity index (χ3n) is 4.64. The van der Waals surface area contributed by atoms with Crippen LogP contribution in [0.25, 0.3) is 0 Å². The average molecular weight is 296 g/mol. The monoisotopic (exact) mass is 296 g/mol. The molecule has 1 atom stereocenters. The standard InChI is InChI=1S/C17H20N4O/c22-16(10-13-7-6-12-4-1-2-5-14(12)13)20-15-11-19-21-9-3-8-18-17(15)21/h1-2,4-5,11,13,18H,3,6-10H2,(H,20,22). The molecule has 0 saturated heterocycles. The maximum absolute atomic E-state index is 12.4. The van der Waals surface area contributed by atoms with E-state index in [2.05, 4.69) is 40.0 Å². The number of rotatable bonds is 3. The van der Waals surface area contributed by atoms with Crippen molar-refractivity contribution >= 4 is 17.4 Å². The molecule has 0 radical (unpaired) electrons. The summed E-state index contributed by atoms with van der Waals surface area (Å²) < 4.78 is 1.92. The lowest BCUT2D eigenvalue weighted by Gasteiger charge is -2.17. The summed E-state index contributed by atoms with van der Waals surface area (Å²) in [6.45, 7) is 1.85. The zero-order valence-corrected chi connectivity index (χ0v) is 12.5. The summed E-state index contributed by atoms with van der Waals surface area (Å²) in [6.07, 6.45) is 5.51. The molecule has 0 fully saturated rings. The van der Waals surface area contributed by atoms with Crippen molar-refractivity contribution in [1.82, 2.24) is 9.78 Å². The lowest BCUT2D eigenvalue weighted by Crippen LogP contribution is -2.20. The summed E-state index contributed by atoms with van der Waals surface area (Å²) in [6, 6.07) is 8.47. The Hall–Kier alpha value is -2.30. The Bertz CT molecular complexity index is 706. The van der Waals surface area contributed by atoms with E-state index >= 15 is 0 Å². The second-order valence-corrected chi connectivity index (χ2v) is 6.10. The number of amides is 1. The molecular formula is C17H20N4O. The van der Waals surface area contributed by atoms with E-state index in [1.54, 1.807) is 6.20 Å². The van der Waals surface area contributed by atoms with Crippen molar-refractivity contribution in [3.05, 3.63) is 41.6 Å². The van der Waals surface area contributed by atoms with E-state index in [1.807, 2.05) is 4.68 Å². The number of nitrogens with one attached hydrogen (secondary N) is 2. The van der Waals surface area contributed by atoms with Crippen LogP contribution in [-0.4, -0.2) is 22.2 Å². The van der Waals surface area contributed by atoms with Gasteiger partial charge in [-0.25, -0.2) is 4.68 Å². The van der Waals surface area contributed by atoms with Crippen LogP contribution in [0.15, 0.2) is 30.5 Å².